The molecule has 1 aliphatic heterocycles. The number of phosphoric acid groups is 2. The summed E-state index contributed by atoms with van der Waals surface area (Å²) in [7, 11) is -7.76. The zero-order valence-corrected chi connectivity index (χ0v) is 34.3. The van der Waals surface area contributed by atoms with Gasteiger partial charge in [-0.25, -0.2) is 33.9 Å². The number of aliphatic hydroxyl groups is 1. The number of nitrogen functional groups attached to an aromatic ring is 2. The molecule has 24 nitrogen and oxygen atoms in total. The van der Waals surface area contributed by atoms with Crippen LogP contribution in [0.4, 0.5) is 11.6 Å². The van der Waals surface area contributed by atoms with Gasteiger partial charge in [0.05, 0.1) is 49.4 Å². The first-order chi connectivity index (χ1) is 27.9. The van der Waals surface area contributed by atoms with Crippen molar-refractivity contribution in [3.8, 4) is 0 Å². The number of hydrogen-bond acceptors (Lipinski definition) is 19. The largest absolute Gasteiger partial charge is 0.472 e. The Morgan fingerprint density at radius 2 is 1.92 bits per heavy atom. The topological polar surface area (TPSA) is 342 Å². The molecular formula is C32H44N10O14P2S. The van der Waals surface area contributed by atoms with Crippen LogP contribution in [0.2, 0.25) is 0 Å². The number of allylic oxidation sites excluding steroid dienone is 1. The Hall–Kier alpha value is -4.36. The van der Waals surface area contributed by atoms with Crippen LogP contribution in [-0.4, -0.2) is 128 Å². The Morgan fingerprint density at radius 1 is 1.15 bits per heavy atom. The molecule has 322 valence electrons. The number of methoxy groups -OCH3 is 1. The number of phosphoric ester groups is 2. The normalized spacial score (nSPS) is 20.8. The maximum Gasteiger partial charge on any atom is 0.472 e. The van der Waals surface area contributed by atoms with Gasteiger partial charge in [-0.05, 0) is 12.5 Å². The van der Waals surface area contributed by atoms with E-state index in [1.54, 1.807) is 17.0 Å². The number of Topliss-reactive ketones (excluding diaryl/α,β-unsaturated/α-hetero) is 1. The van der Waals surface area contributed by atoms with Crippen molar-refractivity contribution in [1.82, 2.24) is 39.0 Å². The van der Waals surface area contributed by atoms with Gasteiger partial charge in [0.15, 0.2) is 23.5 Å². The van der Waals surface area contributed by atoms with Gasteiger partial charge in [-0.2, -0.15) is 4.98 Å². The summed E-state index contributed by atoms with van der Waals surface area (Å²) in [4.78, 5) is 91.1. The van der Waals surface area contributed by atoms with E-state index in [0.717, 1.165) is 11.7 Å². The first kappa shape index (κ1) is 45.7. The van der Waals surface area contributed by atoms with E-state index in [2.05, 4.69) is 36.0 Å². The third-order valence-corrected chi connectivity index (χ3v) is 11.5. The molecule has 5 rings (SSSR count). The second kappa shape index (κ2) is 19.8. The second-order valence-corrected chi connectivity index (χ2v) is 16.6. The number of hydrogen-bond donors (Lipinski definition) is 6. The lowest BCUT2D eigenvalue weighted by Gasteiger charge is -2.30. The van der Waals surface area contributed by atoms with Crippen LogP contribution in [0.15, 0.2) is 53.3 Å². The van der Waals surface area contributed by atoms with Gasteiger partial charge >= 0.3 is 21.3 Å². The molecule has 1 amide bonds. The van der Waals surface area contributed by atoms with Crippen LogP contribution in [0.1, 0.15) is 31.2 Å². The van der Waals surface area contributed by atoms with E-state index < -0.39 is 95.9 Å². The SMILES string of the molecule is C=CCCC(=O)N(C)[C@@H](Cc1cscn1)C(=O)C[C@H]1[C@@H](O)[C@H](n2cnc3c(N)ncnc32)O[C@@H]1COP(=O)(O)O[C@@H](Cn1ccc(N)nc1=O)[C@@H](COP(=O)(O)O)OC. The standard InChI is InChI=1S/C32H44N10O14P2S/c1-4-5-6-26(44)40(2)20(9-18-14-59-17-38-18)21(43)10-19-23(55-31(28(19)45)42-16-37-27-29(34)35-15-36-30(27)42)12-54-58(50,51)56-22(24(52-3)13-53-57(47,48)49)11-41-8-7-25(33)39-32(41)46/h4,7-8,14-17,19-20,22-24,28,31,45H,1,5-6,9-13H2,2-3H3,(H,50,51)(H2,33,39,46)(H2,34,35,36)(H2,47,48,49)/t19-,20+,22+,23-,24-,28-,31-/m1/s1. The minimum absolute atomic E-state index is 0.0346. The van der Waals surface area contributed by atoms with Gasteiger partial charge in [-0.3, -0.25) is 32.3 Å². The van der Waals surface area contributed by atoms with Gasteiger partial charge < -0.3 is 45.6 Å². The molecule has 0 spiro atoms. The van der Waals surface area contributed by atoms with Gasteiger partial charge in [0.2, 0.25) is 5.91 Å². The number of ketones is 1. The molecule has 0 aliphatic carbocycles. The molecule has 0 saturated carbocycles. The summed E-state index contributed by atoms with van der Waals surface area (Å²) in [6.07, 6.45) is -1.99. The number of fused-ring (bicyclic) bond motifs is 1. The summed E-state index contributed by atoms with van der Waals surface area (Å²) in [5.41, 5.74) is 13.1. The third-order valence-electron chi connectivity index (χ3n) is 9.37. The van der Waals surface area contributed by atoms with Crippen LogP contribution in [0.5, 0.6) is 0 Å². The zero-order valence-electron chi connectivity index (χ0n) is 31.6. The van der Waals surface area contributed by atoms with E-state index in [9.17, 15) is 43.3 Å². The van der Waals surface area contributed by atoms with Crippen LogP contribution < -0.4 is 17.2 Å². The van der Waals surface area contributed by atoms with E-state index in [-0.39, 0.29) is 41.5 Å². The lowest BCUT2D eigenvalue weighted by Crippen LogP contribution is -2.45. The highest BCUT2D eigenvalue weighted by Gasteiger charge is 2.48. The second-order valence-electron chi connectivity index (χ2n) is 13.3. The molecule has 1 saturated heterocycles. The number of nitrogens with two attached hydrogens (primary N) is 2. The van der Waals surface area contributed by atoms with Crippen molar-refractivity contribution in [1.29, 1.82) is 0 Å². The van der Waals surface area contributed by atoms with Crippen molar-refractivity contribution in [3.05, 3.63) is 64.6 Å². The van der Waals surface area contributed by atoms with Crippen LogP contribution >= 0.6 is 27.0 Å². The molecule has 27 heteroatoms. The number of carbonyl (C=O) groups excluding carboxylic acids is 2. The number of thiazole rings is 1. The van der Waals surface area contributed by atoms with Crippen molar-refractivity contribution in [2.24, 2.45) is 5.92 Å². The predicted molar refractivity (Wildman–Crippen MR) is 207 cm³/mol. The summed E-state index contributed by atoms with van der Waals surface area (Å²) < 4.78 is 54.3. The van der Waals surface area contributed by atoms with Crippen LogP contribution in [0.3, 0.4) is 0 Å². The Kier molecular flexibility index (Phi) is 15.3. The van der Waals surface area contributed by atoms with Gasteiger partial charge in [-0.15, -0.1) is 17.9 Å². The van der Waals surface area contributed by atoms with Crippen molar-refractivity contribution in [2.75, 3.05) is 38.8 Å². The van der Waals surface area contributed by atoms with Crippen molar-refractivity contribution in [3.63, 3.8) is 0 Å². The van der Waals surface area contributed by atoms with Crippen molar-refractivity contribution >= 4 is 61.5 Å². The molecule has 8 N–H and O–H groups in total. The summed E-state index contributed by atoms with van der Waals surface area (Å²) in [6, 6.07) is 0.215. The molecule has 1 aliphatic rings. The number of rotatable bonds is 22. The number of nitrogens with zero attached hydrogens (tertiary/aromatic N) is 8. The fourth-order valence-electron chi connectivity index (χ4n) is 6.30. The molecule has 1 fully saturated rings. The lowest BCUT2D eigenvalue weighted by atomic mass is 9.89. The highest BCUT2D eigenvalue weighted by Crippen LogP contribution is 2.48. The molecule has 4 aromatic heterocycles. The zero-order chi connectivity index (χ0) is 43.1. The highest BCUT2D eigenvalue weighted by atomic mass is 32.1. The minimum atomic E-state index is -5.26. The maximum atomic E-state index is 14.2. The molecule has 5 heterocycles. The quantitative estimate of drug-likeness (QED) is 0.0453. The van der Waals surface area contributed by atoms with Crippen molar-refractivity contribution in [2.45, 2.75) is 68.9 Å². The van der Waals surface area contributed by atoms with Crippen LogP contribution in [0.25, 0.3) is 11.2 Å². The van der Waals surface area contributed by atoms with E-state index in [4.69, 9.17) is 30.0 Å². The number of likely N-dealkylation sites (N-methyl/N-ethyl adjacent to an activating group) is 1. The molecule has 0 radical (unpaired) electrons. The van der Waals surface area contributed by atoms with Crippen molar-refractivity contribution < 1.29 is 61.6 Å². The number of anilines is 2. The number of ether oxygens (including phenoxy) is 2. The number of aliphatic hydroxyl groups excluding tert-OH is 1. The Morgan fingerprint density at radius 3 is 2.58 bits per heavy atom. The molecule has 1 unspecified atom stereocenters. The maximum absolute atomic E-state index is 14.2. The van der Waals surface area contributed by atoms with Crippen LogP contribution in [0, 0.1) is 5.92 Å². The molecule has 0 aromatic carbocycles. The number of aromatic nitrogens is 7. The molecule has 0 bridgehead atoms. The number of carbonyl (C=O) groups is 2. The van der Waals surface area contributed by atoms with E-state index >= 15 is 0 Å². The first-order valence-corrected chi connectivity index (χ1v) is 21.6. The fourth-order valence-corrected chi connectivity index (χ4v) is 8.15. The third kappa shape index (κ3) is 11.9. The van der Waals surface area contributed by atoms with Gasteiger partial charge in [0, 0.05) is 50.9 Å². The number of imidazole rings is 1. The van der Waals surface area contributed by atoms with E-state index in [1.165, 1.54) is 52.8 Å². The smallest absolute Gasteiger partial charge is 0.388 e. The van der Waals surface area contributed by atoms with Crippen LogP contribution in [-0.2, 0) is 54.7 Å². The molecular weight excluding hydrogens is 842 g/mol. The minimum Gasteiger partial charge on any atom is -0.388 e. The lowest BCUT2D eigenvalue weighted by molar-refractivity contribution is -0.138. The molecule has 59 heavy (non-hydrogen) atoms. The molecule has 4 aromatic rings. The average Bonchev–Trinajstić information content (AvgIpc) is 3.92. The number of amides is 1. The summed E-state index contributed by atoms with van der Waals surface area (Å²) in [6.45, 7) is 1.42. The predicted octanol–water partition coefficient (Wildman–Crippen LogP) is 0.200. The van der Waals surface area contributed by atoms with E-state index in [0.29, 0.717) is 12.1 Å². The summed E-state index contributed by atoms with van der Waals surface area (Å²) in [5.74, 6) is -2.08. The summed E-state index contributed by atoms with van der Waals surface area (Å²) >= 11 is 1.30. The van der Waals surface area contributed by atoms with Gasteiger partial charge in [0.25, 0.3) is 0 Å². The summed E-state index contributed by atoms with van der Waals surface area (Å²) in [5, 5.41) is 13.6. The highest BCUT2D eigenvalue weighted by molar-refractivity contribution is 7.47. The monoisotopic (exact) mass is 886 g/mol. The Labute approximate surface area is 339 Å². The molecule has 8 atom stereocenters. The average molecular weight is 887 g/mol. The van der Waals surface area contributed by atoms with Gasteiger partial charge in [-0.1, -0.05) is 6.08 Å². The Bertz CT molecular complexity index is 2240. The fraction of sp³-hybridized carbons (Fsp3) is 0.500. The Balaban J connectivity index is 1.43. The first-order valence-electron chi connectivity index (χ1n) is 17.7. The van der Waals surface area contributed by atoms with Gasteiger partial charge in [0.1, 0.15) is 36.0 Å². The van der Waals surface area contributed by atoms with E-state index in [1.807, 2.05) is 0 Å².